The lowest BCUT2D eigenvalue weighted by Gasteiger charge is -2.22. The van der Waals surface area contributed by atoms with Gasteiger partial charge < -0.3 is 0 Å². The van der Waals surface area contributed by atoms with Crippen LogP contribution in [0.5, 0.6) is 0 Å². The van der Waals surface area contributed by atoms with Gasteiger partial charge in [-0.15, -0.1) is 0 Å². The Morgan fingerprint density at radius 3 is 1.23 bits per heavy atom. The van der Waals surface area contributed by atoms with E-state index >= 15 is 0 Å². The number of aromatic nitrogens is 4. The quantitative estimate of drug-likeness (QED) is 0.137. The third kappa shape index (κ3) is 8.77. The van der Waals surface area contributed by atoms with Crippen LogP contribution in [0, 0.1) is 0 Å². The number of allylic oxidation sites excluding steroid dienone is 4. The van der Waals surface area contributed by atoms with Crippen LogP contribution < -0.4 is 0 Å². The van der Waals surface area contributed by atoms with Crippen molar-refractivity contribution in [1.29, 1.82) is 0 Å². The highest BCUT2D eigenvalue weighted by Gasteiger charge is 2.37. The molecule has 13 aromatic rings. The maximum atomic E-state index is 5.63. The van der Waals surface area contributed by atoms with E-state index in [9.17, 15) is 0 Å². The molecule has 11 aromatic carbocycles. The highest BCUT2D eigenvalue weighted by molar-refractivity contribution is 6.11. The van der Waals surface area contributed by atoms with Gasteiger partial charge in [-0.3, -0.25) is 4.57 Å². The third-order valence-electron chi connectivity index (χ3n) is 16.8. The van der Waals surface area contributed by atoms with Crippen LogP contribution in [0.25, 0.3) is 134 Å². The fraction of sp³-hybridized carbons (Fsp3) is 0.0641. The minimum Gasteiger partial charge on any atom is -0.278 e. The first-order valence-corrected chi connectivity index (χ1v) is 28.5. The molecule has 0 amide bonds. The number of benzene rings is 11. The molecule has 0 N–H and O–H groups in total. The number of hydrogen-bond acceptors (Lipinski definition) is 3. The van der Waals surface area contributed by atoms with E-state index in [0.717, 1.165) is 84.7 Å². The van der Waals surface area contributed by atoms with Gasteiger partial charge in [-0.25, -0.2) is 4.98 Å². The zero-order valence-corrected chi connectivity index (χ0v) is 45.8. The molecule has 4 nitrogen and oxygen atoms in total. The van der Waals surface area contributed by atoms with Crippen LogP contribution in [0.2, 0.25) is 0 Å². The minimum absolute atomic E-state index is 0.340. The van der Waals surface area contributed by atoms with Crippen molar-refractivity contribution in [3.05, 3.63) is 296 Å². The molecule has 2 aromatic heterocycles. The normalized spacial score (nSPS) is 13.3. The zero-order chi connectivity index (χ0) is 54.7. The Hall–Kier alpha value is -10.3. The fourth-order valence-electron chi connectivity index (χ4n) is 12.6. The van der Waals surface area contributed by atoms with E-state index in [1.54, 1.807) is 0 Å². The fourth-order valence-corrected chi connectivity index (χ4v) is 12.6. The monoisotopic (exact) mass is 1050 g/mol. The summed E-state index contributed by atoms with van der Waals surface area (Å²) in [6.07, 6.45) is 8.91. The summed E-state index contributed by atoms with van der Waals surface area (Å²) in [5.41, 5.74) is 24.8. The van der Waals surface area contributed by atoms with E-state index in [4.69, 9.17) is 15.0 Å². The molecule has 0 radical (unpaired) electrons. The van der Waals surface area contributed by atoms with E-state index in [1.165, 1.54) is 61.2 Å². The Morgan fingerprint density at radius 1 is 0.317 bits per heavy atom. The first-order valence-electron chi connectivity index (χ1n) is 28.5. The average molecular weight is 1050 g/mol. The van der Waals surface area contributed by atoms with E-state index < -0.39 is 0 Å². The number of fused-ring (bicyclic) bond motifs is 6. The summed E-state index contributed by atoms with van der Waals surface area (Å²) in [5, 5.41) is 2.29. The lowest BCUT2D eigenvalue weighted by atomic mass is 9.81. The largest absolute Gasteiger partial charge is 0.278 e. The Balaban J connectivity index is 0.938. The molecule has 4 heteroatoms. The molecule has 2 aliphatic carbocycles. The first-order chi connectivity index (χ1) is 40.4. The van der Waals surface area contributed by atoms with Gasteiger partial charge in [0.25, 0.3) is 0 Å². The number of para-hydroxylation sites is 1. The van der Waals surface area contributed by atoms with E-state index in [-0.39, 0.29) is 5.41 Å². The van der Waals surface area contributed by atoms with Gasteiger partial charge in [0, 0.05) is 27.3 Å². The summed E-state index contributed by atoms with van der Waals surface area (Å²) in [5.74, 6) is 1.76. The lowest BCUT2D eigenvalue weighted by molar-refractivity contribution is 0.661. The van der Waals surface area contributed by atoms with Crippen molar-refractivity contribution in [2.24, 2.45) is 0 Å². The van der Waals surface area contributed by atoms with Gasteiger partial charge in [0.2, 0.25) is 5.95 Å². The van der Waals surface area contributed by atoms with Crippen LogP contribution in [0.3, 0.4) is 0 Å². The van der Waals surface area contributed by atoms with Crippen molar-refractivity contribution < 1.29 is 0 Å². The molecule has 0 bridgehead atoms. The third-order valence-corrected chi connectivity index (χ3v) is 16.8. The van der Waals surface area contributed by atoms with E-state index in [2.05, 4.69) is 297 Å². The van der Waals surface area contributed by atoms with Crippen LogP contribution in [0.1, 0.15) is 43.4 Å². The van der Waals surface area contributed by atoms with Gasteiger partial charge in [-0.2, -0.15) is 9.97 Å². The first kappa shape index (κ1) is 48.8. The molecular weight excluding hydrogens is 993 g/mol. The topological polar surface area (TPSA) is 43.6 Å². The van der Waals surface area contributed by atoms with Crippen LogP contribution in [-0.4, -0.2) is 19.5 Å². The Kier molecular flexibility index (Phi) is 12.0. The molecule has 0 saturated carbocycles. The molecule has 82 heavy (non-hydrogen) atoms. The maximum absolute atomic E-state index is 5.63. The smallest absolute Gasteiger partial charge is 0.238 e. The van der Waals surface area contributed by atoms with Crippen LogP contribution in [0.15, 0.2) is 279 Å². The van der Waals surface area contributed by atoms with Crippen molar-refractivity contribution in [2.75, 3.05) is 0 Å². The Morgan fingerprint density at radius 2 is 0.744 bits per heavy atom. The lowest BCUT2D eigenvalue weighted by Crippen LogP contribution is -2.15. The molecule has 0 fully saturated rings. The van der Waals surface area contributed by atoms with Gasteiger partial charge in [0.05, 0.1) is 11.0 Å². The standard InChI is InChI=1S/C78H56N4/c1-78(2)71-48-57(64-42-58(51-23-9-3-10-24-51)39-59(43-64)52-25-11-4-12-26-52)37-38-67(71)69-49-70-68-35-21-22-36-73(68)82(74(70)50-72(69)78)77-80-75(65-44-60(53-27-13-5-14-28-53)40-61(45-65)54-29-15-6-16-30-54)79-76(81-77)66-46-62(55-31-17-7-18-32-55)41-63(47-66)56-33-19-8-20-34-56/h3-7,9-19,21-50H,8,20H2,1-2H3. The molecule has 0 aliphatic heterocycles. The second kappa shape index (κ2) is 20.1. The predicted octanol–water partition coefficient (Wildman–Crippen LogP) is 20.3. The summed E-state index contributed by atoms with van der Waals surface area (Å²) in [6, 6.07) is 94.6. The maximum Gasteiger partial charge on any atom is 0.238 e. The SMILES string of the molecule is CC1(C)c2cc(-c3cc(-c4ccccc4)cc(-c4ccccc4)c3)ccc2-c2cc3c4ccccc4n(-c4nc(-c5cc(C6=CCCC=C6)cc(-c6ccccc6)c5)nc(-c5cc(-c6ccccc6)cc(-c6ccccc6)c5)n4)c3cc21. The molecule has 0 unspecified atom stereocenters. The molecule has 2 heterocycles. The number of nitrogens with zero attached hydrogens (tertiary/aromatic N) is 4. The highest BCUT2D eigenvalue weighted by Crippen LogP contribution is 2.52. The molecule has 2 aliphatic rings. The van der Waals surface area contributed by atoms with Crippen LogP contribution >= 0.6 is 0 Å². The van der Waals surface area contributed by atoms with Gasteiger partial charge >= 0.3 is 0 Å². The summed E-state index contributed by atoms with van der Waals surface area (Å²) in [6.45, 7) is 4.76. The summed E-state index contributed by atoms with van der Waals surface area (Å²) in [4.78, 5) is 16.8. The summed E-state index contributed by atoms with van der Waals surface area (Å²) >= 11 is 0. The Labute approximate surface area is 478 Å². The van der Waals surface area contributed by atoms with Crippen LogP contribution in [-0.2, 0) is 5.41 Å². The van der Waals surface area contributed by atoms with Crippen molar-refractivity contribution in [3.63, 3.8) is 0 Å². The molecule has 15 rings (SSSR count). The number of hydrogen-bond donors (Lipinski definition) is 0. The van der Waals surface area contributed by atoms with Crippen molar-refractivity contribution in [1.82, 2.24) is 19.5 Å². The van der Waals surface area contributed by atoms with Gasteiger partial charge in [-0.05, 0) is 192 Å². The Bertz CT molecular complexity index is 4550. The van der Waals surface area contributed by atoms with Gasteiger partial charge in [0.1, 0.15) is 0 Å². The average Bonchev–Trinajstić information content (AvgIpc) is 4.01. The second-order valence-electron chi connectivity index (χ2n) is 22.3. The molecule has 388 valence electrons. The second-order valence-corrected chi connectivity index (χ2v) is 22.3. The van der Waals surface area contributed by atoms with Crippen molar-refractivity contribution in [3.8, 4) is 107 Å². The van der Waals surface area contributed by atoms with Crippen molar-refractivity contribution >= 4 is 27.4 Å². The summed E-state index contributed by atoms with van der Waals surface area (Å²) in [7, 11) is 0. The zero-order valence-electron chi connectivity index (χ0n) is 45.8. The van der Waals surface area contributed by atoms with Crippen LogP contribution in [0.4, 0.5) is 0 Å². The molecule has 0 spiro atoms. The molecular formula is C78H56N4. The van der Waals surface area contributed by atoms with Crippen molar-refractivity contribution in [2.45, 2.75) is 32.1 Å². The number of rotatable bonds is 10. The minimum atomic E-state index is -0.340. The molecule has 0 atom stereocenters. The predicted molar refractivity (Wildman–Crippen MR) is 342 cm³/mol. The highest BCUT2D eigenvalue weighted by atomic mass is 15.2. The molecule has 0 saturated heterocycles. The van der Waals surface area contributed by atoms with Gasteiger partial charge in [-0.1, -0.05) is 214 Å². The van der Waals surface area contributed by atoms with Gasteiger partial charge in [0.15, 0.2) is 11.6 Å². The summed E-state index contributed by atoms with van der Waals surface area (Å²) < 4.78 is 2.29. The van der Waals surface area contributed by atoms with E-state index in [1.807, 2.05) is 0 Å². The van der Waals surface area contributed by atoms with E-state index in [0.29, 0.717) is 17.6 Å².